The summed E-state index contributed by atoms with van der Waals surface area (Å²) in [6, 6.07) is 60.1. The monoisotopic (exact) mass is 694 g/mol. The summed E-state index contributed by atoms with van der Waals surface area (Å²) in [5.41, 5.74) is 14.0. The molecule has 11 rings (SSSR count). The van der Waals surface area contributed by atoms with Crippen LogP contribution in [0.25, 0.3) is 99.7 Å². The van der Waals surface area contributed by atoms with Gasteiger partial charge in [0.1, 0.15) is 5.82 Å². The highest BCUT2D eigenvalue weighted by Crippen LogP contribution is 2.45. The molecule has 0 fully saturated rings. The summed E-state index contributed by atoms with van der Waals surface area (Å²) < 4.78 is 4.75. The molecule has 0 atom stereocenters. The molecule has 0 spiro atoms. The summed E-state index contributed by atoms with van der Waals surface area (Å²) in [7, 11) is 0. The molecule has 0 saturated carbocycles. The number of hydrogen-bond donors (Lipinski definition) is 1. The Labute approximate surface area is 311 Å². The lowest BCUT2D eigenvalue weighted by molar-refractivity contribution is 1.09. The van der Waals surface area contributed by atoms with Crippen molar-refractivity contribution < 1.29 is 0 Å². The molecule has 5 heteroatoms. The predicted octanol–water partition coefficient (Wildman–Crippen LogP) is 12.5. The molecule has 0 radical (unpaired) electrons. The number of para-hydroxylation sites is 4. The van der Waals surface area contributed by atoms with Crippen LogP contribution in [0.4, 0.5) is 0 Å². The molecule has 0 bridgehead atoms. The molecule has 11 aromatic rings. The molecule has 4 nitrogen and oxygen atoms in total. The molecule has 0 aliphatic carbocycles. The van der Waals surface area contributed by atoms with Gasteiger partial charge in [0.15, 0.2) is 0 Å². The third kappa shape index (κ3) is 4.44. The van der Waals surface area contributed by atoms with Gasteiger partial charge in [0, 0.05) is 54.9 Å². The van der Waals surface area contributed by atoms with Crippen LogP contribution in [-0.2, 0) is 0 Å². The van der Waals surface area contributed by atoms with Crippen molar-refractivity contribution in [1.82, 2.24) is 18.9 Å². The van der Waals surface area contributed by atoms with Crippen LogP contribution in [0.2, 0.25) is 0 Å². The minimum Gasteiger partial charge on any atom is -0.307 e. The Morgan fingerprint density at radius 3 is 1.98 bits per heavy atom. The minimum atomic E-state index is 0.847. The van der Waals surface area contributed by atoms with Crippen LogP contribution in [0.15, 0.2) is 181 Å². The van der Waals surface area contributed by atoms with E-state index in [1.54, 1.807) is 0 Å². The molecule has 248 valence electrons. The van der Waals surface area contributed by atoms with Crippen molar-refractivity contribution >= 4 is 61.8 Å². The smallest absolute Gasteiger partial charge is 0.146 e. The number of rotatable bonds is 5. The van der Waals surface area contributed by atoms with Crippen LogP contribution in [0, 0.1) is 0 Å². The Kier molecular flexibility index (Phi) is 6.60. The molecule has 0 N–H and O–H groups in total. The Balaban J connectivity index is 1.25. The summed E-state index contributed by atoms with van der Waals surface area (Å²) in [6.07, 6.45) is 1.88. The van der Waals surface area contributed by atoms with Crippen LogP contribution >= 0.6 is 12.6 Å². The van der Waals surface area contributed by atoms with Crippen molar-refractivity contribution in [3.05, 3.63) is 176 Å². The number of pyridine rings is 1. The predicted molar refractivity (Wildman–Crippen MR) is 223 cm³/mol. The van der Waals surface area contributed by atoms with Crippen LogP contribution in [0.5, 0.6) is 0 Å². The van der Waals surface area contributed by atoms with E-state index in [1.807, 2.05) is 24.4 Å². The van der Waals surface area contributed by atoms with E-state index in [0.29, 0.717) is 0 Å². The molecule has 53 heavy (non-hydrogen) atoms. The van der Waals surface area contributed by atoms with Crippen molar-refractivity contribution in [2.24, 2.45) is 0 Å². The maximum absolute atomic E-state index is 5.53. The second-order valence-corrected chi connectivity index (χ2v) is 14.0. The fourth-order valence-electron chi connectivity index (χ4n) is 8.37. The van der Waals surface area contributed by atoms with Crippen molar-refractivity contribution in [1.29, 1.82) is 0 Å². The first-order valence-corrected chi connectivity index (χ1v) is 18.3. The molecular weight excluding hydrogens is 665 g/mol. The number of nitrogens with zero attached hydrogens (tertiary/aromatic N) is 4. The average Bonchev–Trinajstić information content (AvgIpc) is 3.89. The van der Waals surface area contributed by atoms with Crippen LogP contribution < -0.4 is 0 Å². The first kappa shape index (κ1) is 30.0. The van der Waals surface area contributed by atoms with E-state index in [4.69, 9.17) is 22.6 Å². The highest BCUT2D eigenvalue weighted by Gasteiger charge is 2.24. The molecular formula is C48H30N4S. The van der Waals surface area contributed by atoms with Crippen molar-refractivity contribution in [2.75, 3.05) is 0 Å². The molecule has 4 aromatic heterocycles. The van der Waals surface area contributed by atoms with Gasteiger partial charge in [-0.2, -0.15) is 0 Å². The van der Waals surface area contributed by atoms with Crippen LogP contribution in [0.1, 0.15) is 0 Å². The zero-order chi connectivity index (χ0) is 35.0. The maximum atomic E-state index is 5.53. The summed E-state index contributed by atoms with van der Waals surface area (Å²) in [6.45, 7) is 0. The highest BCUT2D eigenvalue weighted by molar-refractivity contribution is 7.80. The lowest BCUT2D eigenvalue weighted by Gasteiger charge is -2.16. The van der Waals surface area contributed by atoms with E-state index >= 15 is 0 Å². The molecule has 4 heterocycles. The number of aromatic nitrogens is 4. The number of benzene rings is 7. The number of imidazole rings is 1. The van der Waals surface area contributed by atoms with Crippen LogP contribution in [0.3, 0.4) is 0 Å². The third-order valence-corrected chi connectivity index (χ3v) is 11.0. The Morgan fingerprint density at radius 1 is 0.453 bits per heavy atom. The Hall–Kier alpha value is -6.69. The van der Waals surface area contributed by atoms with E-state index in [9.17, 15) is 0 Å². The van der Waals surface area contributed by atoms with E-state index in [1.165, 1.54) is 38.1 Å². The zero-order valence-electron chi connectivity index (χ0n) is 28.5. The van der Waals surface area contributed by atoms with Gasteiger partial charge in [-0.1, -0.05) is 121 Å². The van der Waals surface area contributed by atoms with Crippen molar-refractivity contribution in [3.8, 4) is 50.6 Å². The summed E-state index contributed by atoms with van der Waals surface area (Å²) in [4.78, 5) is 11.3. The number of hydrogen-bond acceptors (Lipinski definition) is 3. The van der Waals surface area contributed by atoms with E-state index in [0.717, 1.165) is 66.5 Å². The summed E-state index contributed by atoms with van der Waals surface area (Å²) in [5, 5.41) is 4.94. The number of fused-ring (bicyclic) bond motifs is 7. The molecule has 0 aliphatic rings. The number of thiol groups is 1. The van der Waals surface area contributed by atoms with E-state index in [2.05, 4.69) is 161 Å². The van der Waals surface area contributed by atoms with Gasteiger partial charge in [-0.05, 0) is 59.7 Å². The van der Waals surface area contributed by atoms with Crippen molar-refractivity contribution in [2.45, 2.75) is 4.90 Å². The third-order valence-electron chi connectivity index (χ3n) is 10.6. The van der Waals surface area contributed by atoms with Crippen LogP contribution in [-0.4, -0.2) is 18.9 Å². The van der Waals surface area contributed by atoms with Gasteiger partial charge >= 0.3 is 0 Å². The first-order valence-electron chi connectivity index (χ1n) is 17.8. The molecule has 0 saturated heterocycles. The molecule has 0 amide bonds. The summed E-state index contributed by atoms with van der Waals surface area (Å²) in [5.74, 6) is 0.847. The Morgan fingerprint density at radius 2 is 1.13 bits per heavy atom. The second-order valence-electron chi connectivity index (χ2n) is 13.5. The van der Waals surface area contributed by atoms with Gasteiger partial charge in [-0.25, -0.2) is 4.98 Å². The summed E-state index contributed by atoms with van der Waals surface area (Å²) >= 11 is 4.94. The van der Waals surface area contributed by atoms with Gasteiger partial charge in [0.2, 0.25) is 0 Å². The molecule has 0 aliphatic heterocycles. The standard InChI is InChI=1S/C48H30N4S/c53-44-26-9-6-18-37(44)48-50-45-33(19-13-25-43(45)51(48)41-23-7-4-16-32(41)30-14-2-1-3-15-30)31-28-38-36-21-12-20-35-34-17-5-8-24-42(34)52(46(35)36)47(38)39(29-31)40-22-10-11-27-49-40/h1-29,53H. The van der Waals surface area contributed by atoms with Gasteiger partial charge < -0.3 is 4.40 Å². The van der Waals surface area contributed by atoms with Gasteiger partial charge in [0.25, 0.3) is 0 Å². The SMILES string of the molecule is Sc1ccccc1-c1nc2c(-c3cc(-c4ccccn4)c4c(c3)c3cccc5c6ccccc6n4c53)cccc2n1-c1ccccc1-c1ccccc1. The second kappa shape index (κ2) is 11.7. The van der Waals surface area contributed by atoms with Crippen molar-refractivity contribution in [3.63, 3.8) is 0 Å². The van der Waals surface area contributed by atoms with Gasteiger partial charge in [-0.3, -0.25) is 9.55 Å². The quantitative estimate of drug-likeness (QED) is 0.182. The van der Waals surface area contributed by atoms with Gasteiger partial charge in [-0.15, -0.1) is 12.6 Å². The average molecular weight is 695 g/mol. The molecule has 0 unspecified atom stereocenters. The fourth-order valence-corrected chi connectivity index (χ4v) is 8.63. The maximum Gasteiger partial charge on any atom is 0.146 e. The highest BCUT2D eigenvalue weighted by atomic mass is 32.1. The lowest BCUT2D eigenvalue weighted by Crippen LogP contribution is -2.00. The first-order chi connectivity index (χ1) is 26.2. The van der Waals surface area contributed by atoms with Gasteiger partial charge in [0.05, 0.1) is 39.0 Å². The lowest BCUT2D eigenvalue weighted by atomic mass is 9.96. The normalized spacial score (nSPS) is 11.9. The molecule has 7 aromatic carbocycles. The fraction of sp³-hybridized carbons (Fsp3) is 0. The topological polar surface area (TPSA) is 35.1 Å². The van der Waals surface area contributed by atoms with E-state index < -0.39 is 0 Å². The van der Waals surface area contributed by atoms with E-state index in [-0.39, 0.29) is 0 Å². The zero-order valence-corrected chi connectivity index (χ0v) is 29.4. The largest absolute Gasteiger partial charge is 0.307 e. The Bertz CT molecular complexity index is 3180. The minimum absolute atomic E-state index is 0.847.